The summed E-state index contributed by atoms with van der Waals surface area (Å²) in [5, 5.41) is 3.51. The van der Waals surface area contributed by atoms with Crippen LogP contribution in [0.15, 0.2) is 4.99 Å². The van der Waals surface area contributed by atoms with Crippen LogP contribution < -0.4 is 5.32 Å². The van der Waals surface area contributed by atoms with Gasteiger partial charge in [0.1, 0.15) is 0 Å². The quantitative estimate of drug-likeness (QED) is 0.477. The minimum Gasteiger partial charge on any atom is -0.381 e. The van der Waals surface area contributed by atoms with E-state index in [1.54, 1.807) is 0 Å². The predicted molar refractivity (Wildman–Crippen MR) is 81.1 cm³/mol. The van der Waals surface area contributed by atoms with Gasteiger partial charge in [-0.05, 0) is 25.7 Å². The third-order valence-electron chi connectivity index (χ3n) is 3.57. The van der Waals surface area contributed by atoms with Gasteiger partial charge in [-0.15, -0.1) is 24.0 Å². The number of nitrogens with zero attached hydrogens (tertiary/aromatic N) is 2. The maximum atomic E-state index is 5.40. The van der Waals surface area contributed by atoms with E-state index in [1.165, 1.54) is 25.7 Å². The first-order chi connectivity index (χ1) is 7.79. The second kappa shape index (κ2) is 7.41. The molecular formula is C12H24IN3O. The molecule has 1 aliphatic carbocycles. The van der Waals surface area contributed by atoms with Gasteiger partial charge in [0.2, 0.25) is 0 Å². The third kappa shape index (κ3) is 4.28. The molecule has 0 radical (unpaired) electrons. The molecule has 1 aliphatic heterocycles. The van der Waals surface area contributed by atoms with Crippen molar-refractivity contribution in [2.75, 3.05) is 33.9 Å². The van der Waals surface area contributed by atoms with Crippen molar-refractivity contribution < 1.29 is 4.74 Å². The van der Waals surface area contributed by atoms with E-state index >= 15 is 0 Å². The number of aliphatic imine (C=N–C) groups is 1. The highest BCUT2D eigenvalue weighted by atomic mass is 127. The molecule has 4 nitrogen and oxygen atoms in total. The van der Waals surface area contributed by atoms with Gasteiger partial charge in [-0.3, -0.25) is 4.99 Å². The lowest BCUT2D eigenvalue weighted by Crippen LogP contribution is -2.48. The number of hydrogen-bond donors (Lipinski definition) is 1. The summed E-state index contributed by atoms with van der Waals surface area (Å²) in [6.07, 6.45) is 5.12. The summed E-state index contributed by atoms with van der Waals surface area (Å²) in [5.74, 6) is 1.71. The van der Waals surface area contributed by atoms with Crippen LogP contribution in [-0.2, 0) is 4.74 Å². The fourth-order valence-electron chi connectivity index (χ4n) is 2.28. The van der Waals surface area contributed by atoms with E-state index in [-0.39, 0.29) is 24.0 Å². The van der Waals surface area contributed by atoms with Crippen LogP contribution in [0, 0.1) is 5.92 Å². The van der Waals surface area contributed by atoms with E-state index in [1.807, 2.05) is 7.05 Å². The normalized spacial score (nSPS) is 25.1. The van der Waals surface area contributed by atoms with E-state index < -0.39 is 0 Å². The molecule has 1 N–H and O–H groups in total. The molecule has 0 bridgehead atoms. The maximum Gasteiger partial charge on any atom is 0.193 e. The molecule has 100 valence electrons. The molecule has 1 saturated carbocycles. The Labute approximate surface area is 121 Å². The molecule has 0 aromatic heterocycles. The van der Waals surface area contributed by atoms with Gasteiger partial charge in [0.15, 0.2) is 5.96 Å². The number of rotatable bonds is 3. The summed E-state index contributed by atoms with van der Waals surface area (Å²) in [7, 11) is 3.98. The summed E-state index contributed by atoms with van der Waals surface area (Å²) in [6, 6.07) is 0.654. The van der Waals surface area contributed by atoms with Crippen LogP contribution in [-0.4, -0.2) is 50.8 Å². The van der Waals surface area contributed by atoms with Crippen molar-refractivity contribution in [1.29, 1.82) is 0 Å². The van der Waals surface area contributed by atoms with Crippen molar-refractivity contribution in [3.8, 4) is 0 Å². The molecule has 0 aromatic rings. The SMILES string of the molecule is CN=C(NC1CCC1)N(C)CC1CCOC1.I. The first-order valence-electron chi connectivity index (χ1n) is 6.32. The highest BCUT2D eigenvalue weighted by Gasteiger charge is 2.22. The fraction of sp³-hybridized carbons (Fsp3) is 0.917. The second-order valence-corrected chi connectivity index (χ2v) is 4.93. The van der Waals surface area contributed by atoms with Crippen LogP contribution in [0.4, 0.5) is 0 Å². The molecule has 2 fully saturated rings. The Kier molecular flexibility index (Phi) is 6.54. The van der Waals surface area contributed by atoms with Crippen LogP contribution >= 0.6 is 24.0 Å². The zero-order valence-electron chi connectivity index (χ0n) is 10.8. The highest BCUT2D eigenvalue weighted by molar-refractivity contribution is 14.0. The first kappa shape index (κ1) is 15.0. The number of guanidine groups is 1. The first-order valence-corrected chi connectivity index (χ1v) is 6.32. The highest BCUT2D eigenvalue weighted by Crippen LogP contribution is 2.18. The lowest BCUT2D eigenvalue weighted by Gasteiger charge is -2.32. The smallest absolute Gasteiger partial charge is 0.193 e. The van der Waals surface area contributed by atoms with Crippen LogP contribution in [0.3, 0.4) is 0 Å². The average Bonchev–Trinajstić information content (AvgIpc) is 2.69. The fourth-order valence-corrected chi connectivity index (χ4v) is 2.28. The minimum atomic E-state index is 0. The number of nitrogens with one attached hydrogen (secondary N) is 1. The third-order valence-corrected chi connectivity index (χ3v) is 3.57. The zero-order chi connectivity index (χ0) is 11.4. The molecule has 17 heavy (non-hydrogen) atoms. The minimum absolute atomic E-state index is 0. The summed E-state index contributed by atoms with van der Waals surface area (Å²) < 4.78 is 5.40. The molecule has 0 spiro atoms. The Hall–Kier alpha value is -0.0400. The van der Waals surface area contributed by atoms with Crippen molar-refractivity contribution >= 4 is 29.9 Å². The Balaban J connectivity index is 0.00000144. The Morgan fingerprint density at radius 2 is 2.18 bits per heavy atom. The van der Waals surface area contributed by atoms with Crippen LogP contribution in [0.25, 0.3) is 0 Å². The molecule has 1 heterocycles. The number of halogens is 1. The monoisotopic (exact) mass is 353 g/mol. The lowest BCUT2D eigenvalue weighted by atomic mass is 9.93. The zero-order valence-corrected chi connectivity index (χ0v) is 13.1. The second-order valence-electron chi connectivity index (χ2n) is 4.93. The van der Waals surface area contributed by atoms with Crippen molar-refractivity contribution in [3.63, 3.8) is 0 Å². The summed E-state index contributed by atoms with van der Waals surface area (Å²) in [4.78, 5) is 6.58. The van der Waals surface area contributed by atoms with Crippen LogP contribution in [0.2, 0.25) is 0 Å². The van der Waals surface area contributed by atoms with E-state index in [0.29, 0.717) is 12.0 Å². The van der Waals surface area contributed by atoms with Crippen molar-refractivity contribution in [2.45, 2.75) is 31.7 Å². The van der Waals surface area contributed by atoms with E-state index in [9.17, 15) is 0 Å². The standard InChI is InChI=1S/C12H23N3O.HI/c1-13-12(14-11-4-3-5-11)15(2)8-10-6-7-16-9-10;/h10-11H,3-9H2,1-2H3,(H,13,14);1H. The molecule has 5 heteroatoms. The maximum absolute atomic E-state index is 5.40. The molecule has 1 atom stereocenters. The van der Waals surface area contributed by atoms with Gasteiger partial charge >= 0.3 is 0 Å². The largest absolute Gasteiger partial charge is 0.381 e. The molecular weight excluding hydrogens is 329 g/mol. The van der Waals surface area contributed by atoms with Gasteiger partial charge in [-0.25, -0.2) is 0 Å². The van der Waals surface area contributed by atoms with Gasteiger partial charge in [-0.1, -0.05) is 0 Å². The van der Waals surface area contributed by atoms with E-state index in [4.69, 9.17) is 4.74 Å². The summed E-state index contributed by atoms with van der Waals surface area (Å²) >= 11 is 0. The number of hydrogen-bond acceptors (Lipinski definition) is 2. The topological polar surface area (TPSA) is 36.9 Å². The van der Waals surface area contributed by atoms with Gasteiger partial charge in [-0.2, -0.15) is 0 Å². The summed E-state index contributed by atoms with van der Waals surface area (Å²) in [6.45, 7) is 2.88. The molecule has 1 unspecified atom stereocenters. The Bertz CT molecular complexity index is 250. The molecule has 2 aliphatic rings. The van der Waals surface area contributed by atoms with Gasteiger partial charge in [0.05, 0.1) is 6.61 Å². The van der Waals surface area contributed by atoms with Crippen molar-refractivity contribution in [2.24, 2.45) is 10.9 Å². The predicted octanol–water partition coefficient (Wildman–Crippen LogP) is 1.70. The Morgan fingerprint density at radius 1 is 1.41 bits per heavy atom. The molecule has 1 saturated heterocycles. The van der Waals surface area contributed by atoms with E-state index in [0.717, 1.165) is 25.7 Å². The van der Waals surface area contributed by atoms with Crippen molar-refractivity contribution in [1.82, 2.24) is 10.2 Å². The lowest BCUT2D eigenvalue weighted by molar-refractivity contribution is 0.181. The van der Waals surface area contributed by atoms with Crippen LogP contribution in [0.5, 0.6) is 0 Å². The van der Waals surface area contributed by atoms with Crippen molar-refractivity contribution in [3.05, 3.63) is 0 Å². The van der Waals surface area contributed by atoms with Crippen LogP contribution in [0.1, 0.15) is 25.7 Å². The van der Waals surface area contributed by atoms with Gasteiger partial charge in [0.25, 0.3) is 0 Å². The number of ether oxygens (including phenoxy) is 1. The van der Waals surface area contributed by atoms with E-state index in [2.05, 4.69) is 22.3 Å². The van der Waals surface area contributed by atoms with Gasteiger partial charge in [0, 0.05) is 39.2 Å². The average molecular weight is 353 g/mol. The molecule has 2 rings (SSSR count). The Morgan fingerprint density at radius 3 is 2.65 bits per heavy atom. The molecule has 0 amide bonds. The molecule has 0 aromatic carbocycles. The summed E-state index contributed by atoms with van der Waals surface area (Å²) in [5.41, 5.74) is 0. The van der Waals surface area contributed by atoms with Gasteiger partial charge < -0.3 is 15.0 Å².